The van der Waals surface area contributed by atoms with Gasteiger partial charge >= 0.3 is 0 Å². The van der Waals surface area contributed by atoms with Crippen LogP contribution in [0.2, 0.25) is 5.02 Å². The lowest BCUT2D eigenvalue weighted by molar-refractivity contribution is 0.102. The summed E-state index contributed by atoms with van der Waals surface area (Å²) in [6, 6.07) is 12.1. The van der Waals surface area contributed by atoms with Crippen molar-refractivity contribution in [3.05, 3.63) is 74.7 Å². The average molecular weight is 488 g/mol. The first-order valence-electron chi connectivity index (χ1n) is 10.6. The maximum absolute atomic E-state index is 13.3. The monoisotopic (exact) mass is 487 g/mol. The highest BCUT2D eigenvalue weighted by atomic mass is 35.5. The lowest BCUT2D eigenvalue weighted by Gasteiger charge is -2.28. The van der Waals surface area contributed by atoms with Crippen LogP contribution in [-0.4, -0.2) is 30.2 Å². The van der Waals surface area contributed by atoms with Crippen LogP contribution in [0, 0.1) is 0 Å². The number of aromatic nitrogens is 1. The molecule has 166 valence electrons. The van der Waals surface area contributed by atoms with Crippen LogP contribution >= 0.6 is 22.9 Å². The second-order valence-corrected chi connectivity index (χ2v) is 11.5. The van der Waals surface area contributed by atoms with Gasteiger partial charge in [-0.25, -0.2) is 13.4 Å². The number of rotatable bonds is 4. The summed E-state index contributed by atoms with van der Waals surface area (Å²) in [7, 11) is -3.77. The second-order valence-electron chi connectivity index (χ2n) is 8.05. The second kappa shape index (κ2) is 8.59. The van der Waals surface area contributed by atoms with E-state index < -0.39 is 15.9 Å². The van der Waals surface area contributed by atoms with Crippen molar-refractivity contribution in [2.45, 2.75) is 43.5 Å². The number of halogens is 1. The summed E-state index contributed by atoms with van der Waals surface area (Å²) in [5.41, 5.74) is 3.34. The van der Waals surface area contributed by atoms with Crippen molar-refractivity contribution in [1.29, 1.82) is 0 Å². The van der Waals surface area contributed by atoms with E-state index in [1.807, 2.05) is 24.3 Å². The van der Waals surface area contributed by atoms with E-state index in [1.165, 1.54) is 44.3 Å². The van der Waals surface area contributed by atoms with Crippen molar-refractivity contribution in [3.8, 4) is 0 Å². The van der Waals surface area contributed by atoms with Crippen LogP contribution < -0.4 is 5.32 Å². The van der Waals surface area contributed by atoms with Gasteiger partial charge in [-0.05, 0) is 61.4 Å². The number of carbonyl (C=O) groups is 1. The molecule has 5 rings (SSSR count). The zero-order valence-corrected chi connectivity index (χ0v) is 19.7. The normalized spacial score (nSPS) is 16.3. The van der Waals surface area contributed by atoms with Gasteiger partial charge in [-0.15, -0.1) is 11.3 Å². The topological polar surface area (TPSA) is 79.4 Å². The number of nitrogens with one attached hydrogen (secondary N) is 1. The minimum Gasteiger partial charge on any atom is -0.298 e. The fourth-order valence-electron chi connectivity index (χ4n) is 4.23. The highest BCUT2D eigenvalue weighted by molar-refractivity contribution is 7.89. The molecule has 1 aliphatic carbocycles. The summed E-state index contributed by atoms with van der Waals surface area (Å²) in [6.07, 6.45) is 4.81. The van der Waals surface area contributed by atoms with E-state index in [0.717, 1.165) is 36.9 Å². The SMILES string of the molecule is O=C(Nc1nc2c(s1)CCCC2)c1cc(S(=O)(=O)N2CCc3ccccc3C2)ccc1Cl. The van der Waals surface area contributed by atoms with Crippen molar-refractivity contribution < 1.29 is 13.2 Å². The first-order valence-corrected chi connectivity index (χ1v) is 13.2. The molecular formula is C23H22ClN3O3S2. The number of aryl methyl sites for hydroxylation is 2. The smallest absolute Gasteiger partial charge is 0.259 e. The molecule has 2 heterocycles. The summed E-state index contributed by atoms with van der Waals surface area (Å²) < 4.78 is 28.1. The van der Waals surface area contributed by atoms with Crippen molar-refractivity contribution >= 4 is 44.0 Å². The molecule has 0 spiro atoms. The van der Waals surface area contributed by atoms with Gasteiger partial charge in [0.15, 0.2) is 5.13 Å². The molecule has 32 heavy (non-hydrogen) atoms. The van der Waals surface area contributed by atoms with Crippen molar-refractivity contribution in [2.75, 3.05) is 11.9 Å². The number of carbonyl (C=O) groups excluding carboxylic acids is 1. The maximum Gasteiger partial charge on any atom is 0.259 e. The molecule has 2 aliphatic rings. The van der Waals surface area contributed by atoms with Gasteiger partial charge in [0.1, 0.15) is 0 Å². The Morgan fingerprint density at radius 1 is 1.06 bits per heavy atom. The van der Waals surface area contributed by atoms with Gasteiger partial charge < -0.3 is 0 Å². The first kappa shape index (κ1) is 21.6. The summed E-state index contributed by atoms with van der Waals surface area (Å²) in [5, 5.41) is 3.53. The standard InChI is InChI=1S/C23H22ClN3O3S2/c24-19-10-9-17(32(29,30)27-12-11-15-5-1-2-6-16(15)14-27)13-18(19)22(28)26-23-25-20-7-3-4-8-21(20)31-23/h1-2,5-6,9-10,13H,3-4,7-8,11-12,14H2,(H,25,26,28). The number of fused-ring (bicyclic) bond motifs is 2. The molecular weight excluding hydrogens is 466 g/mol. The van der Waals surface area contributed by atoms with Gasteiger partial charge in [0, 0.05) is 18.0 Å². The Morgan fingerprint density at radius 3 is 2.66 bits per heavy atom. The molecule has 2 aromatic carbocycles. The minimum atomic E-state index is -3.77. The van der Waals surface area contributed by atoms with Crippen molar-refractivity contribution in [2.24, 2.45) is 0 Å². The summed E-state index contributed by atoms with van der Waals surface area (Å²) >= 11 is 7.75. The van der Waals surface area contributed by atoms with E-state index in [0.29, 0.717) is 24.6 Å². The molecule has 9 heteroatoms. The van der Waals surface area contributed by atoms with Gasteiger partial charge in [0.05, 0.1) is 21.2 Å². The Kier molecular flexibility index (Phi) is 5.79. The predicted molar refractivity (Wildman–Crippen MR) is 126 cm³/mol. The summed E-state index contributed by atoms with van der Waals surface area (Å²) in [4.78, 5) is 18.7. The zero-order valence-electron chi connectivity index (χ0n) is 17.3. The number of hydrogen-bond acceptors (Lipinski definition) is 5. The number of nitrogens with zero attached hydrogens (tertiary/aromatic N) is 2. The van der Waals surface area contributed by atoms with Gasteiger partial charge in [-0.3, -0.25) is 10.1 Å². The average Bonchev–Trinajstić information content (AvgIpc) is 3.21. The quantitative estimate of drug-likeness (QED) is 0.579. The molecule has 0 bridgehead atoms. The van der Waals surface area contributed by atoms with Gasteiger partial charge in [0.25, 0.3) is 5.91 Å². The highest BCUT2D eigenvalue weighted by Gasteiger charge is 2.29. The molecule has 0 fully saturated rings. The third-order valence-corrected chi connectivity index (χ3v) is 9.23. The largest absolute Gasteiger partial charge is 0.298 e. The zero-order chi connectivity index (χ0) is 22.3. The van der Waals surface area contributed by atoms with E-state index in [1.54, 1.807) is 0 Å². The third-order valence-electron chi connectivity index (χ3n) is 5.98. The molecule has 1 aromatic heterocycles. The van der Waals surface area contributed by atoms with E-state index in [-0.39, 0.29) is 15.5 Å². The lowest BCUT2D eigenvalue weighted by Crippen LogP contribution is -2.36. The Balaban J connectivity index is 1.39. The molecule has 6 nitrogen and oxygen atoms in total. The number of sulfonamides is 1. The van der Waals surface area contributed by atoms with Crippen molar-refractivity contribution in [3.63, 3.8) is 0 Å². The molecule has 1 aliphatic heterocycles. The molecule has 0 radical (unpaired) electrons. The number of thiazole rings is 1. The van der Waals surface area contributed by atoms with Crippen LogP contribution in [0.15, 0.2) is 47.4 Å². The summed E-state index contributed by atoms with van der Waals surface area (Å²) in [5.74, 6) is -0.456. The van der Waals surface area contributed by atoms with Crippen LogP contribution in [0.5, 0.6) is 0 Å². The van der Waals surface area contributed by atoms with Gasteiger partial charge in [0.2, 0.25) is 10.0 Å². The van der Waals surface area contributed by atoms with E-state index in [4.69, 9.17) is 11.6 Å². The third kappa shape index (κ3) is 4.08. The van der Waals surface area contributed by atoms with E-state index in [2.05, 4.69) is 10.3 Å². The molecule has 0 unspecified atom stereocenters. The van der Waals surface area contributed by atoms with E-state index in [9.17, 15) is 13.2 Å². The first-order chi connectivity index (χ1) is 15.4. The Hall–Kier alpha value is -2.26. The number of amides is 1. The van der Waals surface area contributed by atoms with Crippen LogP contribution in [0.1, 0.15) is 44.9 Å². The molecule has 3 aromatic rings. The lowest BCUT2D eigenvalue weighted by atomic mass is 10.0. The highest BCUT2D eigenvalue weighted by Crippen LogP contribution is 2.31. The molecule has 0 saturated heterocycles. The molecule has 1 amide bonds. The maximum atomic E-state index is 13.3. The van der Waals surface area contributed by atoms with Crippen LogP contribution in [0.4, 0.5) is 5.13 Å². The van der Waals surface area contributed by atoms with E-state index >= 15 is 0 Å². The number of benzene rings is 2. The fraction of sp³-hybridized carbons (Fsp3) is 0.304. The fourth-order valence-corrected chi connectivity index (χ4v) is 6.93. The molecule has 0 atom stereocenters. The number of anilines is 1. The predicted octanol–water partition coefficient (Wildman–Crippen LogP) is 4.67. The van der Waals surface area contributed by atoms with Crippen molar-refractivity contribution in [1.82, 2.24) is 9.29 Å². The Bertz CT molecular complexity index is 1280. The molecule has 0 saturated carbocycles. The van der Waals surface area contributed by atoms with Crippen LogP contribution in [0.3, 0.4) is 0 Å². The van der Waals surface area contributed by atoms with Crippen LogP contribution in [0.25, 0.3) is 0 Å². The van der Waals surface area contributed by atoms with Gasteiger partial charge in [-0.1, -0.05) is 35.9 Å². The Morgan fingerprint density at radius 2 is 1.84 bits per heavy atom. The molecule has 1 N–H and O–H groups in total. The number of hydrogen-bond donors (Lipinski definition) is 1. The van der Waals surface area contributed by atoms with Gasteiger partial charge in [-0.2, -0.15) is 4.31 Å². The van der Waals surface area contributed by atoms with Crippen LogP contribution in [-0.2, 0) is 35.8 Å². The summed E-state index contributed by atoms with van der Waals surface area (Å²) in [6.45, 7) is 0.710. The minimum absolute atomic E-state index is 0.0601. The Labute approximate surface area is 196 Å².